The minimum Gasteiger partial charge on any atom is -0.508 e. The van der Waals surface area contributed by atoms with Crippen LogP contribution in [-0.2, 0) is 6.42 Å². The minimum atomic E-state index is -6.84. The smallest absolute Gasteiger partial charge is 0.460 e. The van der Waals surface area contributed by atoms with E-state index in [0.717, 1.165) is 75.2 Å². The molecule has 1 aromatic carbocycles. The first-order valence-corrected chi connectivity index (χ1v) is 17.6. The summed E-state index contributed by atoms with van der Waals surface area (Å²) in [5.74, 6) is -17.4. The zero-order chi connectivity index (χ0) is 35.0. The van der Waals surface area contributed by atoms with Crippen molar-refractivity contribution in [2.45, 2.75) is 107 Å². The number of rotatable bonds is 15. The van der Waals surface area contributed by atoms with E-state index in [0.29, 0.717) is 36.6 Å². The average molecular weight is 704 g/mol. The average Bonchev–Trinajstić information content (AvgIpc) is 3.21. The Morgan fingerprint density at radius 2 is 1.64 bits per heavy atom. The first-order valence-electron chi connectivity index (χ1n) is 16.4. The lowest BCUT2D eigenvalue weighted by Gasteiger charge is -2.52. The first-order chi connectivity index (χ1) is 21.7. The first kappa shape index (κ1) is 38.2. The molecule has 4 rings (SSSR count). The maximum Gasteiger partial charge on any atom is 0.460 e. The van der Waals surface area contributed by atoms with Gasteiger partial charge in [0.2, 0.25) is 0 Å². The minimum absolute atomic E-state index is 0.0675. The molecule has 47 heavy (non-hydrogen) atoms. The number of nitrogens with zero attached hydrogens (tertiary/aromatic N) is 1. The normalized spacial score (nSPS) is 28.4. The van der Waals surface area contributed by atoms with Crippen molar-refractivity contribution in [2.75, 3.05) is 31.6 Å². The molecule has 0 bridgehead atoms. The van der Waals surface area contributed by atoms with Gasteiger partial charge < -0.3 is 15.1 Å². The van der Waals surface area contributed by atoms with Crippen LogP contribution >= 0.6 is 11.8 Å². The highest BCUT2D eigenvalue weighted by molar-refractivity contribution is 7.99. The summed E-state index contributed by atoms with van der Waals surface area (Å²) in [7, 11) is 1.90. The molecule has 2 fully saturated rings. The third kappa shape index (κ3) is 7.61. The van der Waals surface area contributed by atoms with E-state index in [9.17, 15) is 49.7 Å². The molecule has 0 heterocycles. The molecular weight excluding hydrogens is 657 g/mol. The van der Waals surface area contributed by atoms with Gasteiger partial charge >= 0.3 is 23.9 Å². The second-order valence-corrected chi connectivity index (χ2v) is 15.3. The standard InChI is InChI=1S/C34H46F9NO2S/c1-21-28(46)20-27-29-22(18-23-19-24(45)9-10-25(23)26(29)11-12-30(21,27)2)8-5-4-6-14-44(3)15-7-16-47-17-13-31(35,36)32(37,38)33(39,40)34(41,42)43/h9-10,19,22,26-29,45-46H,1,4-8,11-18,20H2,2-3H3/t22?,26?,27?,28-,29?,30-/m1/s1. The number of phenols is 1. The van der Waals surface area contributed by atoms with Gasteiger partial charge in [-0.25, -0.2) is 0 Å². The van der Waals surface area contributed by atoms with Crippen molar-refractivity contribution >= 4 is 11.8 Å². The quantitative estimate of drug-likeness (QED) is 0.109. The van der Waals surface area contributed by atoms with Crippen LogP contribution in [0.2, 0.25) is 0 Å². The van der Waals surface area contributed by atoms with Gasteiger partial charge in [-0.3, -0.25) is 0 Å². The van der Waals surface area contributed by atoms with Gasteiger partial charge in [-0.1, -0.05) is 32.4 Å². The Kier molecular flexibility index (Phi) is 11.6. The number of aliphatic hydroxyl groups excluding tert-OH is 1. The van der Waals surface area contributed by atoms with Gasteiger partial charge in [-0.2, -0.15) is 51.3 Å². The van der Waals surface area contributed by atoms with Gasteiger partial charge in [0.15, 0.2) is 0 Å². The molecule has 3 aliphatic carbocycles. The molecular formula is C34H46F9NO2S. The summed E-state index contributed by atoms with van der Waals surface area (Å²) in [6.45, 7) is 7.91. The highest BCUT2D eigenvalue weighted by Crippen LogP contribution is 2.64. The van der Waals surface area contributed by atoms with Crippen molar-refractivity contribution in [2.24, 2.45) is 23.2 Å². The highest BCUT2D eigenvalue weighted by Gasteiger charge is 2.81. The number of aliphatic hydroxyl groups is 1. The largest absolute Gasteiger partial charge is 0.508 e. The summed E-state index contributed by atoms with van der Waals surface area (Å²) < 4.78 is 117. The fourth-order valence-electron chi connectivity index (χ4n) is 8.36. The Labute approximate surface area is 275 Å². The van der Waals surface area contributed by atoms with Crippen molar-refractivity contribution in [1.29, 1.82) is 0 Å². The van der Waals surface area contributed by atoms with Crippen LogP contribution in [0.25, 0.3) is 0 Å². The zero-order valence-corrected chi connectivity index (χ0v) is 27.7. The Balaban J connectivity index is 1.18. The number of hydrogen-bond donors (Lipinski definition) is 2. The number of hydrogen-bond acceptors (Lipinski definition) is 4. The van der Waals surface area contributed by atoms with Gasteiger partial charge in [-0.15, -0.1) is 0 Å². The lowest BCUT2D eigenvalue weighted by Crippen LogP contribution is -2.60. The maximum absolute atomic E-state index is 13.7. The summed E-state index contributed by atoms with van der Waals surface area (Å²) in [5, 5.41) is 20.9. The molecule has 0 aliphatic heterocycles. The number of unbranched alkanes of at least 4 members (excludes halogenated alkanes) is 2. The second-order valence-electron chi connectivity index (χ2n) is 14.1. The Bertz CT molecular complexity index is 1240. The number of phenolic OH excluding ortho intramolecular Hbond substituents is 1. The van der Waals surface area contributed by atoms with E-state index >= 15 is 0 Å². The van der Waals surface area contributed by atoms with E-state index in [1.807, 2.05) is 13.1 Å². The van der Waals surface area contributed by atoms with E-state index in [4.69, 9.17) is 0 Å². The lowest BCUT2D eigenvalue weighted by molar-refractivity contribution is -0.396. The SMILES string of the molecule is C=C1[C@H](O)CC2C3C(CCCCCN(C)CCCSCCC(F)(F)C(F)(F)C(F)(F)C(F)(F)F)Cc4cc(O)ccc4C3CC[C@]12C. The molecule has 268 valence electrons. The Morgan fingerprint density at radius 3 is 2.32 bits per heavy atom. The van der Waals surface area contributed by atoms with E-state index in [1.54, 1.807) is 6.07 Å². The number of aromatic hydroxyl groups is 1. The summed E-state index contributed by atoms with van der Waals surface area (Å²) in [4.78, 5) is 2.06. The van der Waals surface area contributed by atoms with Crippen molar-refractivity contribution in [3.8, 4) is 5.75 Å². The van der Waals surface area contributed by atoms with Crippen LogP contribution in [0.3, 0.4) is 0 Å². The molecule has 3 aliphatic rings. The molecule has 13 heteroatoms. The number of thioether (sulfide) groups is 1. The molecule has 4 unspecified atom stereocenters. The Morgan fingerprint density at radius 1 is 0.957 bits per heavy atom. The molecule has 0 aromatic heterocycles. The summed E-state index contributed by atoms with van der Waals surface area (Å²) in [6, 6.07) is 5.74. The lowest BCUT2D eigenvalue weighted by atomic mass is 9.52. The number of halogens is 9. The second kappa shape index (κ2) is 14.3. The topological polar surface area (TPSA) is 43.7 Å². The summed E-state index contributed by atoms with van der Waals surface area (Å²) in [6.07, 6.45) is -0.917. The third-order valence-corrected chi connectivity index (χ3v) is 12.2. The zero-order valence-electron chi connectivity index (χ0n) is 26.9. The van der Waals surface area contributed by atoms with Crippen molar-refractivity contribution in [1.82, 2.24) is 4.90 Å². The number of benzene rings is 1. The van der Waals surface area contributed by atoms with E-state index in [-0.39, 0.29) is 16.9 Å². The molecule has 0 radical (unpaired) electrons. The van der Waals surface area contributed by atoms with Gasteiger partial charge in [-0.05, 0) is 135 Å². The van der Waals surface area contributed by atoms with Gasteiger partial charge in [0, 0.05) is 6.42 Å². The molecule has 3 nitrogen and oxygen atoms in total. The highest BCUT2D eigenvalue weighted by atomic mass is 32.2. The fraction of sp³-hybridized carbons (Fsp3) is 0.765. The Hall–Kier alpha value is -1.60. The van der Waals surface area contributed by atoms with Crippen LogP contribution in [0.1, 0.15) is 81.8 Å². The number of fused-ring (bicyclic) bond motifs is 5. The van der Waals surface area contributed by atoms with Crippen LogP contribution in [0.15, 0.2) is 30.4 Å². The predicted molar refractivity (Wildman–Crippen MR) is 166 cm³/mol. The van der Waals surface area contributed by atoms with Crippen molar-refractivity contribution < 1.29 is 49.7 Å². The van der Waals surface area contributed by atoms with E-state index in [2.05, 4.69) is 24.5 Å². The molecule has 2 saturated carbocycles. The van der Waals surface area contributed by atoms with E-state index < -0.39 is 42.2 Å². The molecule has 0 amide bonds. The molecule has 6 atom stereocenters. The summed E-state index contributed by atoms with van der Waals surface area (Å²) in [5.41, 5.74) is 3.43. The van der Waals surface area contributed by atoms with Crippen LogP contribution in [0, 0.1) is 23.2 Å². The van der Waals surface area contributed by atoms with E-state index in [1.165, 1.54) is 11.1 Å². The van der Waals surface area contributed by atoms with Crippen LogP contribution in [0.5, 0.6) is 5.75 Å². The van der Waals surface area contributed by atoms with Crippen molar-refractivity contribution in [3.63, 3.8) is 0 Å². The maximum atomic E-state index is 13.7. The molecule has 0 saturated heterocycles. The number of alkyl halides is 9. The summed E-state index contributed by atoms with van der Waals surface area (Å²) >= 11 is 0.813. The van der Waals surface area contributed by atoms with Gasteiger partial charge in [0.1, 0.15) is 5.75 Å². The fourth-order valence-corrected chi connectivity index (χ4v) is 9.30. The van der Waals surface area contributed by atoms with Gasteiger partial charge in [0.05, 0.1) is 6.10 Å². The van der Waals surface area contributed by atoms with Crippen molar-refractivity contribution in [3.05, 3.63) is 41.5 Å². The third-order valence-electron chi connectivity index (χ3n) is 11.1. The molecule has 2 N–H and O–H groups in total. The molecule has 0 spiro atoms. The van der Waals surface area contributed by atoms with Crippen LogP contribution in [0.4, 0.5) is 39.5 Å². The predicted octanol–water partition coefficient (Wildman–Crippen LogP) is 9.48. The van der Waals surface area contributed by atoms with Crippen LogP contribution < -0.4 is 0 Å². The van der Waals surface area contributed by atoms with Crippen LogP contribution in [-0.4, -0.2) is 76.8 Å². The van der Waals surface area contributed by atoms with Gasteiger partial charge in [0.25, 0.3) is 0 Å². The monoisotopic (exact) mass is 703 g/mol. The molecule has 1 aromatic rings.